The Morgan fingerprint density at radius 1 is 0.583 bits per heavy atom. The average Bonchev–Trinajstić information content (AvgIpc) is 3.71. The molecule has 0 unspecified atom stereocenters. The molecule has 48 heavy (non-hydrogen) atoms. The summed E-state index contributed by atoms with van der Waals surface area (Å²) in [5.41, 5.74) is 14.2. The van der Waals surface area contributed by atoms with E-state index in [-0.39, 0.29) is 0 Å². The predicted octanol–water partition coefficient (Wildman–Crippen LogP) is 14.3. The Morgan fingerprint density at radius 2 is 0.938 bits per heavy atom. The van der Waals surface area contributed by atoms with Crippen molar-refractivity contribution < 1.29 is 20.8 Å². The molecular weight excluding hydrogens is 719 g/mol. The Bertz CT molecular complexity index is 1710. The summed E-state index contributed by atoms with van der Waals surface area (Å²) >= 11 is -0.826. The van der Waals surface area contributed by atoms with E-state index in [4.69, 9.17) is 17.0 Å². The molecular formula is C44H52Cl2SiZr. The van der Waals surface area contributed by atoms with Crippen LogP contribution in [0, 0.1) is 13.8 Å². The Morgan fingerprint density at radius 3 is 1.25 bits per heavy atom. The van der Waals surface area contributed by atoms with E-state index in [1.165, 1.54) is 90.0 Å². The number of rotatable bonds is 8. The Balaban J connectivity index is 0.000000224. The van der Waals surface area contributed by atoms with Gasteiger partial charge in [0.25, 0.3) is 0 Å². The summed E-state index contributed by atoms with van der Waals surface area (Å²) in [7, 11) is 11.0. The van der Waals surface area contributed by atoms with Gasteiger partial charge in [-0.25, -0.2) is 0 Å². The third kappa shape index (κ3) is 10.4. The van der Waals surface area contributed by atoms with Gasteiger partial charge >= 0.3 is 37.9 Å². The fourth-order valence-electron chi connectivity index (χ4n) is 6.48. The van der Waals surface area contributed by atoms with Crippen LogP contribution in [0.1, 0.15) is 73.9 Å². The standard InChI is InChI=1S/2C21H23.C2H6Si.2ClH.Zr/c2*1-4-8-17-11-12-18-13-16(5-2)14-20(18)21(17)19-10-7-6-9-15(19)3;1-3-2;;;/h2*6-7,9-14H,4-5,8H2,1-3H3;1-2H3;2*1H;/q2*-1;;;;+4/p-2. The molecule has 0 heterocycles. The zero-order valence-corrected chi connectivity index (χ0v) is 35.2. The number of benzene rings is 4. The van der Waals surface area contributed by atoms with Crippen molar-refractivity contribution >= 4 is 48.1 Å². The molecule has 250 valence electrons. The molecule has 0 atom stereocenters. The van der Waals surface area contributed by atoms with Crippen LogP contribution in [-0.4, -0.2) is 9.52 Å². The van der Waals surface area contributed by atoms with Crippen LogP contribution in [0.25, 0.3) is 43.8 Å². The van der Waals surface area contributed by atoms with Gasteiger partial charge in [0.15, 0.2) is 0 Å². The van der Waals surface area contributed by atoms with Crippen LogP contribution in [0.15, 0.2) is 97.1 Å². The second kappa shape index (κ2) is 21.1. The molecule has 0 nitrogen and oxygen atoms in total. The quantitative estimate of drug-likeness (QED) is 0.107. The summed E-state index contributed by atoms with van der Waals surface area (Å²) in [6, 6.07) is 36.2. The molecule has 6 aromatic carbocycles. The second-order valence-electron chi connectivity index (χ2n) is 12.3. The normalized spacial score (nSPS) is 10.4. The number of fused-ring (bicyclic) bond motifs is 2. The van der Waals surface area contributed by atoms with E-state index in [1.54, 1.807) is 0 Å². The molecule has 0 bridgehead atoms. The van der Waals surface area contributed by atoms with Crippen LogP contribution >= 0.6 is 17.0 Å². The number of hydrogen-bond acceptors (Lipinski definition) is 0. The minimum atomic E-state index is -0.826. The monoisotopic (exact) mass is 768 g/mol. The summed E-state index contributed by atoms with van der Waals surface area (Å²) < 4.78 is 0. The second-order valence-corrected chi connectivity index (χ2v) is 17.1. The molecule has 0 N–H and O–H groups in total. The van der Waals surface area contributed by atoms with Gasteiger partial charge in [0.05, 0.1) is 0 Å². The zero-order valence-electron chi connectivity index (χ0n) is 30.2. The predicted molar refractivity (Wildman–Crippen MR) is 215 cm³/mol. The first kappa shape index (κ1) is 40.2. The summed E-state index contributed by atoms with van der Waals surface area (Å²) in [4.78, 5) is 0. The molecule has 0 aromatic heterocycles. The molecule has 6 aromatic rings. The van der Waals surface area contributed by atoms with E-state index in [2.05, 4.69) is 152 Å². The number of aryl methyl sites for hydroxylation is 6. The summed E-state index contributed by atoms with van der Waals surface area (Å²) in [5.74, 6) is 0. The van der Waals surface area contributed by atoms with Gasteiger partial charge < -0.3 is 0 Å². The Hall–Kier alpha value is -2.22. The van der Waals surface area contributed by atoms with Gasteiger partial charge in [-0.05, 0) is 61.8 Å². The minimum absolute atomic E-state index is 0.826. The number of halogens is 2. The van der Waals surface area contributed by atoms with E-state index in [1.807, 2.05) is 0 Å². The van der Waals surface area contributed by atoms with Crippen molar-refractivity contribution in [1.29, 1.82) is 0 Å². The van der Waals surface area contributed by atoms with Crippen molar-refractivity contribution in [1.82, 2.24) is 0 Å². The van der Waals surface area contributed by atoms with E-state index in [0.29, 0.717) is 0 Å². The molecule has 0 aliphatic carbocycles. The van der Waals surface area contributed by atoms with Gasteiger partial charge in [-0.2, -0.15) is 12.1 Å². The van der Waals surface area contributed by atoms with Gasteiger partial charge in [0.2, 0.25) is 0 Å². The van der Waals surface area contributed by atoms with Gasteiger partial charge in [-0.1, -0.05) is 124 Å². The summed E-state index contributed by atoms with van der Waals surface area (Å²) in [6.07, 6.45) is 6.87. The molecule has 0 aliphatic rings. The molecule has 0 saturated heterocycles. The fourth-order valence-corrected chi connectivity index (χ4v) is 6.48. The Labute approximate surface area is 312 Å². The van der Waals surface area contributed by atoms with Crippen molar-refractivity contribution in [2.75, 3.05) is 0 Å². The van der Waals surface area contributed by atoms with Gasteiger partial charge in [-0.3, -0.25) is 0 Å². The average molecular weight is 771 g/mol. The van der Waals surface area contributed by atoms with Crippen LogP contribution in [0.4, 0.5) is 0 Å². The first-order valence-electron chi connectivity index (χ1n) is 17.4. The van der Waals surface area contributed by atoms with E-state index < -0.39 is 20.8 Å². The van der Waals surface area contributed by atoms with Gasteiger partial charge in [0, 0.05) is 9.52 Å². The van der Waals surface area contributed by atoms with E-state index in [0.717, 1.165) is 35.2 Å². The molecule has 0 spiro atoms. The maximum atomic E-state index is 4.93. The molecule has 0 aliphatic heterocycles. The van der Waals surface area contributed by atoms with Crippen LogP contribution in [-0.2, 0) is 46.5 Å². The van der Waals surface area contributed by atoms with E-state index >= 15 is 0 Å². The van der Waals surface area contributed by atoms with Crippen LogP contribution in [0.2, 0.25) is 13.1 Å². The molecule has 0 saturated carbocycles. The third-order valence-electron chi connectivity index (χ3n) is 8.76. The van der Waals surface area contributed by atoms with Crippen molar-refractivity contribution in [2.24, 2.45) is 0 Å². The molecule has 0 fully saturated rings. The van der Waals surface area contributed by atoms with Gasteiger partial charge in [-0.15, -0.1) is 69.1 Å². The molecule has 0 amide bonds. The number of hydrogen-bond donors (Lipinski definition) is 0. The summed E-state index contributed by atoms with van der Waals surface area (Å²) in [5, 5.41) is 5.61. The van der Waals surface area contributed by atoms with Gasteiger partial charge in [0.1, 0.15) is 0 Å². The topological polar surface area (TPSA) is 0 Å². The molecule has 6 rings (SSSR count). The zero-order chi connectivity index (χ0) is 35.1. The fraction of sp³-hybridized carbons (Fsp3) is 0.318. The SMILES string of the molecule is CCCc1ccc2[cH-]c(CC)cc2c1-c1ccccc1C.CCCc1ccc2[cH-]c(CC)cc2c1-c1ccccc1C.C[Si]C.[Cl][Zr+2][Cl]. The van der Waals surface area contributed by atoms with Crippen LogP contribution in [0.3, 0.4) is 0 Å². The first-order chi connectivity index (χ1) is 23.3. The summed E-state index contributed by atoms with van der Waals surface area (Å²) in [6.45, 7) is 17.7. The van der Waals surface area contributed by atoms with Crippen molar-refractivity contribution in [2.45, 2.75) is 93.2 Å². The van der Waals surface area contributed by atoms with Crippen molar-refractivity contribution in [3.05, 3.63) is 130 Å². The maximum absolute atomic E-state index is 4.93. The third-order valence-corrected chi connectivity index (χ3v) is 8.76. The van der Waals surface area contributed by atoms with Crippen LogP contribution < -0.4 is 0 Å². The molecule has 4 heteroatoms. The van der Waals surface area contributed by atoms with Crippen molar-refractivity contribution in [3.8, 4) is 22.3 Å². The first-order valence-corrected chi connectivity index (χ1v) is 25.7. The van der Waals surface area contributed by atoms with Crippen molar-refractivity contribution in [3.63, 3.8) is 0 Å². The van der Waals surface area contributed by atoms with E-state index in [9.17, 15) is 0 Å². The Kier molecular flexibility index (Phi) is 17.7. The molecule has 2 radical (unpaired) electrons. The van der Waals surface area contributed by atoms with Crippen LogP contribution in [0.5, 0.6) is 0 Å².